The van der Waals surface area contributed by atoms with Crippen molar-refractivity contribution in [2.45, 2.75) is 6.61 Å². The molecule has 0 radical (unpaired) electrons. The summed E-state index contributed by atoms with van der Waals surface area (Å²) in [5, 5.41) is 20.5. The van der Waals surface area contributed by atoms with Crippen molar-refractivity contribution in [1.29, 1.82) is 5.41 Å². The van der Waals surface area contributed by atoms with Crippen molar-refractivity contribution in [2.75, 3.05) is 0 Å². The predicted molar refractivity (Wildman–Crippen MR) is 88.8 cm³/mol. The van der Waals surface area contributed by atoms with Gasteiger partial charge in [0.05, 0.1) is 6.21 Å². The Morgan fingerprint density at radius 3 is 2.64 bits per heavy atom. The van der Waals surface area contributed by atoms with E-state index in [1.807, 2.05) is 30.3 Å². The van der Waals surface area contributed by atoms with Gasteiger partial charge in [-0.3, -0.25) is 5.41 Å². The summed E-state index contributed by atoms with van der Waals surface area (Å²) < 4.78 is 5.60. The Morgan fingerprint density at radius 2 is 2.00 bits per heavy atom. The molecule has 22 heavy (non-hydrogen) atoms. The summed E-state index contributed by atoms with van der Waals surface area (Å²) in [4.78, 5) is 0. The maximum absolute atomic E-state index is 9.87. The first kappa shape index (κ1) is 17.3. The number of halogens is 1. The molecule has 0 aliphatic rings. The minimum absolute atomic E-state index is 0. The second kappa shape index (κ2) is 8.53. The number of phenols is 1. The molecule has 0 unspecified atom stereocenters. The minimum atomic E-state index is -0.270. The molecule has 0 aliphatic carbocycles. The molecule has 2 rings (SSSR count). The van der Waals surface area contributed by atoms with Crippen LogP contribution in [0.1, 0.15) is 11.1 Å². The third-order valence-corrected chi connectivity index (χ3v) is 2.64. The van der Waals surface area contributed by atoms with Crippen LogP contribution in [0.3, 0.4) is 0 Å². The number of benzene rings is 2. The first-order valence-electron chi connectivity index (χ1n) is 6.28. The fourth-order valence-corrected chi connectivity index (χ4v) is 1.63. The van der Waals surface area contributed by atoms with Crippen LogP contribution in [0.15, 0.2) is 53.6 Å². The zero-order valence-electron chi connectivity index (χ0n) is 11.7. The summed E-state index contributed by atoms with van der Waals surface area (Å²) in [6, 6.07) is 14.7. The third kappa shape index (κ3) is 5.34. The molecule has 0 bridgehead atoms. The topological polar surface area (TPSA) is 104 Å². The van der Waals surface area contributed by atoms with E-state index in [-0.39, 0.29) is 24.1 Å². The molecule has 6 nitrogen and oxygen atoms in total. The fraction of sp³-hybridized carbons (Fsp3) is 0.0667. The zero-order chi connectivity index (χ0) is 15.1. The fourth-order valence-electron chi connectivity index (χ4n) is 1.63. The molecule has 0 aromatic heterocycles. The monoisotopic (exact) mass is 320 g/mol. The lowest BCUT2D eigenvalue weighted by atomic mass is 10.2. The molecule has 0 amide bonds. The molecule has 0 fully saturated rings. The standard InChI is InChI=1S/C15H16N4O2.ClH/c16-15(17)19-18-9-12-6-7-13(8-14(12)20)21-10-11-4-2-1-3-5-11;/h1-9,20H,10H2,(H4,16,17,19);1H. The number of hydrogen-bond acceptors (Lipinski definition) is 4. The van der Waals surface area contributed by atoms with E-state index in [0.717, 1.165) is 5.56 Å². The normalized spacial score (nSPS) is 10.0. The maximum Gasteiger partial charge on any atom is 0.206 e. The van der Waals surface area contributed by atoms with Gasteiger partial charge in [0.25, 0.3) is 0 Å². The van der Waals surface area contributed by atoms with E-state index in [9.17, 15) is 5.11 Å². The molecule has 116 valence electrons. The number of hydrazone groups is 1. The van der Waals surface area contributed by atoms with Crippen molar-refractivity contribution >= 4 is 24.6 Å². The van der Waals surface area contributed by atoms with Crippen molar-refractivity contribution in [3.63, 3.8) is 0 Å². The SMILES string of the molecule is Cl.N=C(N)NN=Cc1ccc(OCc2ccccc2)cc1O. The van der Waals surface area contributed by atoms with E-state index in [4.69, 9.17) is 15.9 Å². The number of hydrogen-bond donors (Lipinski definition) is 4. The molecule has 0 saturated carbocycles. The van der Waals surface area contributed by atoms with Gasteiger partial charge in [0, 0.05) is 11.6 Å². The first-order valence-corrected chi connectivity index (χ1v) is 6.28. The van der Waals surface area contributed by atoms with Gasteiger partial charge in [-0.2, -0.15) is 5.10 Å². The number of aromatic hydroxyl groups is 1. The maximum atomic E-state index is 9.87. The van der Waals surface area contributed by atoms with Crippen LogP contribution in [0, 0.1) is 5.41 Å². The lowest BCUT2D eigenvalue weighted by Gasteiger charge is -2.07. The molecule has 0 atom stereocenters. The van der Waals surface area contributed by atoms with Crippen molar-refractivity contribution in [3.8, 4) is 11.5 Å². The number of nitrogens with zero attached hydrogens (tertiary/aromatic N) is 1. The molecule has 0 aliphatic heterocycles. The van der Waals surface area contributed by atoms with Crippen LogP contribution in [-0.4, -0.2) is 17.3 Å². The number of ether oxygens (including phenoxy) is 1. The summed E-state index contributed by atoms with van der Waals surface area (Å²) >= 11 is 0. The van der Waals surface area contributed by atoms with Gasteiger partial charge in [-0.15, -0.1) is 12.4 Å². The van der Waals surface area contributed by atoms with Crippen LogP contribution in [0.4, 0.5) is 0 Å². The van der Waals surface area contributed by atoms with Gasteiger partial charge in [0.15, 0.2) is 0 Å². The number of nitrogens with one attached hydrogen (secondary N) is 2. The van der Waals surface area contributed by atoms with Crippen molar-refractivity contribution in [2.24, 2.45) is 10.8 Å². The van der Waals surface area contributed by atoms with Crippen LogP contribution >= 0.6 is 12.4 Å². The van der Waals surface area contributed by atoms with Crippen LogP contribution in [-0.2, 0) is 6.61 Å². The summed E-state index contributed by atoms with van der Waals surface area (Å²) in [5.74, 6) is 0.330. The van der Waals surface area contributed by atoms with E-state index in [1.54, 1.807) is 12.1 Å². The number of guanidine groups is 1. The second-order valence-electron chi connectivity index (χ2n) is 4.28. The second-order valence-corrected chi connectivity index (χ2v) is 4.28. The lowest BCUT2D eigenvalue weighted by molar-refractivity contribution is 0.304. The van der Waals surface area contributed by atoms with Crippen LogP contribution in [0.25, 0.3) is 0 Å². The van der Waals surface area contributed by atoms with E-state index >= 15 is 0 Å². The molecule has 0 spiro atoms. The summed E-state index contributed by atoms with van der Waals surface area (Å²) in [6.07, 6.45) is 1.37. The van der Waals surface area contributed by atoms with Gasteiger partial charge in [-0.05, 0) is 17.7 Å². The Labute approximate surface area is 134 Å². The van der Waals surface area contributed by atoms with Gasteiger partial charge < -0.3 is 15.6 Å². The zero-order valence-corrected chi connectivity index (χ0v) is 12.5. The summed E-state index contributed by atoms with van der Waals surface area (Å²) in [6.45, 7) is 0.430. The lowest BCUT2D eigenvalue weighted by Crippen LogP contribution is -2.25. The number of phenolic OH excluding ortho intramolecular Hbond substituents is 1. The smallest absolute Gasteiger partial charge is 0.206 e. The van der Waals surface area contributed by atoms with Crippen molar-refractivity contribution < 1.29 is 9.84 Å². The quantitative estimate of drug-likeness (QED) is 0.385. The van der Waals surface area contributed by atoms with Gasteiger partial charge in [-0.25, -0.2) is 5.43 Å². The number of rotatable bonds is 5. The minimum Gasteiger partial charge on any atom is -0.507 e. The molecule has 0 saturated heterocycles. The Kier molecular flexibility index (Phi) is 6.72. The van der Waals surface area contributed by atoms with Crippen LogP contribution in [0.2, 0.25) is 0 Å². The Morgan fingerprint density at radius 1 is 1.27 bits per heavy atom. The molecular weight excluding hydrogens is 304 g/mol. The Balaban J connectivity index is 0.00000242. The van der Waals surface area contributed by atoms with E-state index < -0.39 is 0 Å². The highest BCUT2D eigenvalue weighted by molar-refractivity contribution is 5.85. The summed E-state index contributed by atoms with van der Waals surface area (Å²) in [5.41, 5.74) is 8.91. The molecule has 2 aromatic rings. The predicted octanol–water partition coefficient (Wildman–Crippen LogP) is 2.21. The number of nitrogens with two attached hydrogens (primary N) is 1. The molecular formula is C15H17ClN4O2. The average Bonchev–Trinajstić information content (AvgIpc) is 2.48. The highest BCUT2D eigenvalue weighted by atomic mass is 35.5. The van der Waals surface area contributed by atoms with Crippen LogP contribution < -0.4 is 15.9 Å². The van der Waals surface area contributed by atoms with E-state index in [2.05, 4.69) is 10.5 Å². The highest BCUT2D eigenvalue weighted by Crippen LogP contribution is 2.23. The van der Waals surface area contributed by atoms with E-state index in [1.165, 1.54) is 12.3 Å². The Bertz CT molecular complexity index is 647. The first-order chi connectivity index (χ1) is 10.1. The molecule has 5 N–H and O–H groups in total. The van der Waals surface area contributed by atoms with Gasteiger partial charge in [-0.1, -0.05) is 30.3 Å². The molecule has 2 aromatic carbocycles. The largest absolute Gasteiger partial charge is 0.507 e. The highest BCUT2D eigenvalue weighted by Gasteiger charge is 2.02. The molecule has 7 heteroatoms. The van der Waals surface area contributed by atoms with E-state index in [0.29, 0.717) is 17.9 Å². The average molecular weight is 321 g/mol. The van der Waals surface area contributed by atoms with Gasteiger partial charge in [0.2, 0.25) is 5.96 Å². The van der Waals surface area contributed by atoms with Crippen molar-refractivity contribution in [3.05, 3.63) is 59.7 Å². The van der Waals surface area contributed by atoms with Crippen molar-refractivity contribution in [1.82, 2.24) is 5.43 Å². The Hall–Kier alpha value is -2.73. The van der Waals surface area contributed by atoms with Gasteiger partial charge in [0.1, 0.15) is 18.1 Å². The van der Waals surface area contributed by atoms with Gasteiger partial charge >= 0.3 is 0 Å². The summed E-state index contributed by atoms with van der Waals surface area (Å²) in [7, 11) is 0. The van der Waals surface area contributed by atoms with Crippen LogP contribution in [0.5, 0.6) is 11.5 Å². The molecule has 0 heterocycles. The third-order valence-electron chi connectivity index (χ3n) is 2.64.